The second kappa shape index (κ2) is 8.54. The van der Waals surface area contributed by atoms with Crippen molar-refractivity contribution in [3.05, 3.63) is 81.9 Å². The maximum atomic E-state index is 13.1. The Balaban J connectivity index is 1.95. The summed E-state index contributed by atoms with van der Waals surface area (Å²) in [5.41, 5.74) is -0.685. The van der Waals surface area contributed by atoms with Gasteiger partial charge in [-0.3, -0.25) is 14.9 Å². The third-order valence-corrected chi connectivity index (χ3v) is 4.85. The Morgan fingerprint density at radius 2 is 2.00 bits per heavy atom. The predicted molar refractivity (Wildman–Crippen MR) is 105 cm³/mol. The number of carbonyl (C=O) groups is 1. The summed E-state index contributed by atoms with van der Waals surface area (Å²) in [7, 11) is 0. The molecule has 1 unspecified atom stereocenters. The molecule has 3 rings (SSSR count). The number of carbonyl (C=O) groups excluding carboxylic acids is 1. The molecule has 0 aliphatic heterocycles. The van der Waals surface area contributed by atoms with Crippen molar-refractivity contribution in [3.63, 3.8) is 0 Å². The first-order valence-corrected chi connectivity index (χ1v) is 9.25. The second-order valence-corrected chi connectivity index (χ2v) is 6.69. The highest BCUT2D eigenvalue weighted by atomic mass is 19.4. The largest absolute Gasteiger partial charge is 0.416 e. The quantitative estimate of drug-likeness (QED) is 0.424. The van der Waals surface area contributed by atoms with Crippen molar-refractivity contribution in [3.8, 4) is 5.69 Å². The van der Waals surface area contributed by atoms with E-state index >= 15 is 0 Å². The minimum atomic E-state index is -4.51. The lowest BCUT2D eigenvalue weighted by atomic mass is 10.0. The number of alkyl halides is 3. The maximum Gasteiger partial charge on any atom is 0.416 e. The lowest BCUT2D eigenvalue weighted by molar-refractivity contribution is -0.384. The van der Waals surface area contributed by atoms with Crippen LogP contribution in [0.25, 0.3) is 5.69 Å². The van der Waals surface area contributed by atoms with Gasteiger partial charge in [-0.05, 0) is 43.7 Å². The van der Waals surface area contributed by atoms with Crippen LogP contribution in [0.4, 0.5) is 18.9 Å². The molecule has 0 saturated carbocycles. The SMILES string of the molecule is CCN(C(=O)c1ccc(-n2cncn2)c([N+](=O)[O-])c1)C(C)c1cccc(C(F)(F)F)c1. The Bertz CT molecular complexity index is 1100. The van der Waals surface area contributed by atoms with Gasteiger partial charge in [-0.15, -0.1) is 0 Å². The highest BCUT2D eigenvalue weighted by Crippen LogP contribution is 2.32. The monoisotopic (exact) mass is 433 g/mol. The van der Waals surface area contributed by atoms with E-state index in [0.29, 0.717) is 5.56 Å². The maximum absolute atomic E-state index is 13.1. The van der Waals surface area contributed by atoms with Gasteiger partial charge >= 0.3 is 6.18 Å². The third kappa shape index (κ3) is 4.55. The van der Waals surface area contributed by atoms with Gasteiger partial charge in [0.2, 0.25) is 0 Å². The van der Waals surface area contributed by atoms with Crippen LogP contribution in [0.2, 0.25) is 0 Å². The number of nitro groups is 1. The minimum Gasteiger partial charge on any atom is -0.332 e. The first kappa shape index (κ1) is 21.9. The highest BCUT2D eigenvalue weighted by molar-refractivity contribution is 5.95. The van der Waals surface area contributed by atoms with Crippen LogP contribution < -0.4 is 0 Å². The van der Waals surface area contributed by atoms with E-state index in [1.54, 1.807) is 13.8 Å². The van der Waals surface area contributed by atoms with Crippen LogP contribution in [0.1, 0.15) is 41.4 Å². The van der Waals surface area contributed by atoms with Gasteiger partial charge < -0.3 is 4.90 Å². The van der Waals surface area contributed by atoms with Crippen LogP contribution in [-0.2, 0) is 6.18 Å². The smallest absolute Gasteiger partial charge is 0.332 e. The predicted octanol–water partition coefficient (Wildman–Crippen LogP) is 4.42. The molecule has 0 aliphatic carbocycles. The standard InChI is InChI=1S/C20H18F3N5O3/c1-3-26(13(2)14-5-4-6-16(9-14)20(21,22)23)19(29)15-7-8-17(18(10-15)28(30)31)27-12-24-11-25-27/h4-13H,3H2,1-2H3. The van der Waals surface area contributed by atoms with Crippen molar-refractivity contribution < 1.29 is 22.9 Å². The molecule has 1 aromatic heterocycles. The molecular formula is C20H18F3N5O3. The molecule has 0 bridgehead atoms. The van der Waals surface area contributed by atoms with Crippen molar-refractivity contribution in [2.45, 2.75) is 26.1 Å². The zero-order valence-electron chi connectivity index (χ0n) is 16.6. The summed E-state index contributed by atoms with van der Waals surface area (Å²) in [6, 6.07) is 7.97. The van der Waals surface area contributed by atoms with E-state index in [0.717, 1.165) is 18.2 Å². The van der Waals surface area contributed by atoms with Crippen molar-refractivity contribution in [2.75, 3.05) is 6.54 Å². The van der Waals surface area contributed by atoms with Crippen LogP contribution in [-0.4, -0.2) is 37.0 Å². The molecule has 162 valence electrons. The van der Waals surface area contributed by atoms with Gasteiger partial charge in [-0.1, -0.05) is 12.1 Å². The fraction of sp³-hybridized carbons (Fsp3) is 0.250. The molecular weight excluding hydrogens is 415 g/mol. The van der Waals surface area contributed by atoms with E-state index in [1.807, 2.05) is 0 Å². The molecule has 1 heterocycles. The summed E-state index contributed by atoms with van der Waals surface area (Å²) in [6.07, 6.45) is -2.00. The number of hydrogen-bond donors (Lipinski definition) is 0. The zero-order valence-corrected chi connectivity index (χ0v) is 16.6. The Morgan fingerprint density at radius 1 is 1.26 bits per heavy atom. The average molecular weight is 433 g/mol. The van der Waals surface area contributed by atoms with Crippen molar-refractivity contribution in [1.29, 1.82) is 0 Å². The summed E-state index contributed by atoms with van der Waals surface area (Å²) in [5.74, 6) is -0.541. The Hall–Kier alpha value is -3.76. The minimum absolute atomic E-state index is 0.0382. The summed E-state index contributed by atoms with van der Waals surface area (Å²) < 4.78 is 40.4. The van der Waals surface area contributed by atoms with Crippen molar-refractivity contribution >= 4 is 11.6 Å². The molecule has 0 saturated heterocycles. The highest BCUT2D eigenvalue weighted by Gasteiger charge is 2.32. The Labute approximate surface area is 175 Å². The van der Waals surface area contributed by atoms with E-state index in [4.69, 9.17) is 0 Å². The number of halogens is 3. The summed E-state index contributed by atoms with van der Waals surface area (Å²) in [6.45, 7) is 3.48. The van der Waals surface area contributed by atoms with E-state index < -0.39 is 28.6 Å². The summed E-state index contributed by atoms with van der Waals surface area (Å²) in [4.78, 5) is 29.1. The number of rotatable bonds is 6. The fourth-order valence-corrected chi connectivity index (χ4v) is 3.24. The van der Waals surface area contributed by atoms with Crippen LogP contribution in [0, 0.1) is 10.1 Å². The molecule has 0 N–H and O–H groups in total. The Morgan fingerprint density at radius 3 is 2.58 bits per heavy atom. The normalized spacial score (nSPS) is 12.4. The lowest BCUT2D eigenvalue weighted by Crippen LogP contribution is -2.33. The number of hydrogen-bond acceptors (Lipinski definition) is 5. The molecule has 1 atom stereocenters. The molecule has 0 aliphatic rings. The van der Waals surface area contributed by atoms with Gasteiger partial charge in [-0.25, -0.2) is 9.67 Å². The number of nitro benzene ring substituents is 1. The van der Waals surface area contributed by atoms with Gasteiger partial charge in [0.25, 0.3) is 11.6 Å². The zero-order chi connectivity index (χ0) is 22.8. The summed E-state index contributed by atoms with van der Waals surface area (Å²) >= 11 is 0. The van der Waals surface area contributed by atoms with Gasteiger partial charge in [0.05, 0.1) is 16.5 Å². The van der Waals surface area contributed by atoms with E-state index in [2.05, 4.69) is 10.1 Å². The molecule has 0 radical (unpaired) electrons. The molecule has 3 aromatic rings. The van der Waals surface area contributed by atoms with Crippen LogP contribution >= 0.6 is 0 Å². The van der Waals surface area contributed by atoms with Gasteiger partial charge in [0.15, 0.2) is 0 Å². The first-order chi connectivity index (χ1) is 14.6. The van der Waals surface area contributed by atoms with Gasteiger partial charge in [0, 0.05) is 18.2 Å². The van der Waals surface area contributed by atoms with Crippen LogP contribution in [0.15, 0.2) is 55.1 Å². The second-order valence-electron chi connectivity index (χ2n) is 6.69. The topological polar surface area (TPSA) is 94.2 Å². The van der Waals surface area contributed by atoms with Crippen LogP contribution in [0.3, 0.4) is 0 Å². The number of aromatic nitrogens is 3. The number of amides is 1. The van der Waals surface area contributed by atoms with E-state index in [1.165, 1.54) is 46.5 Å². The molecule has 1 amide bonds. The average Bonchev–Trinajstić information content (AvgIpc) is 3.27. The molecule has 0 fully saturated rings. The molecule has 2 aromatic carbocycles. The molecule has 11 heteroatoms. The van der Waals surface area contributed by atoms with Gasteiger partial charge in [0.1, 0.15) is 18.3 Å². The lowest BCUT2D eigenvalue weighted by Gasteiger charge is -2.29. The molecule has 0 spiro atoms. The van der Waals surface area contributed by atoms with Crippen LogP contribution in [0.5, 0.6) is 0 Å². The number of nitrogens with zero attached hydrogens (tertiary/aromatic N) is 5. The fourth-order valence-electron chi connectivity index (χ4n) is 3.24. The molecule has 8 nitrogen and oxygen atoms in total. The van der Waals surface area contributed by atoms with E-state index in [9.17, 15) is 28.1 Å². The van der Waals surface area contributed by atoms with Crippen molar-refractivity contribution in [2.24, 2.45) is 0 Å². The third-order valence-electron chi connectivity index (χ3n) is 4.85. The number of benzene rings is 2. The Kier molecular flexibility index (Phi) is 6.04. The summed E-state index contributed by atoms with van der Waals surface area (Å²) in [5, 5.41) is 15.4. The van der Waals surface area contributed by atoms with Crippen molar-refractivity contribution in [1.82, 2.24) is 19.7 Å². The van der Waals surface area contributed by atoms with E-state index in [-0.39, 0.29) is 23.5 Å². The molecule has 31 heavy (non-hydrogen) atoms. The van der Waals surface area contributed by atoms with Gasteiger partial charge in [-0.2, -0.15) is 18.3 Å². The first-order valence-electron chi connectivity index (χ1n) is 9.25.